The molecule has 2 heterocycles. The van der Waals surface area contributed by atoms with Crippen LogP contribution in [0, 0.1) is 0 Å². The fourth-order valence-corrected chi connectivity index (χ4v) is 4.19. The van der Waals surface area contributed by atoms with Crippen LogP contribution >= 0.6 is 0 Å². The highest BCUT2D eigenvalue weighted by Gasteiger charge is 2.38. The van der Waals surface area contributed by atoms with Crippen LogP contribution in [0.2, 0.25) is 0 Å². The van der Waals surface area contributed by atoms with Crippen LogP contribution in [-0.2, 0) is 9.53 Å². The van der Waals surface area contributed by atoms with E-state index in [9.17, 15) is 9.59 Å². The largest absolute Gasteiger partial charge is 0.379 e. The van der Waals surface area contributed by atoms with E-state index in [1.54, 1.807) is 0 Å². The Morgan fingerprint density at radius 2 is 1.90 bits per heavy atom. The quantitative estimate of drug-likeness (QED) is 0.514. The number of aromatic nitrogens is 1. The standard InChI is InChI=1S/C25H29N3O3/c1-17(2)31-15-7-13-26-23(29)12-14-28-24(19-9-3-4-10-20(19)25(28)30)21-16-27-22-11-6-5-8-18(21)22/h3-6,8-11,16-17,24,27H,7,12-15H2,1-2H3,(H,26,29)/t24-/m1/s1. The van der Waals surface area contributed by atoms with Gasteiger partial charge in [0.05, 0.1) is 12.1 Å². The number of para-hydroxylation sites is 1. The third-order valence-corrected chi connectivity index (χ3v) is 5.65. The van der Waals surface area contributed by atoms with Crippen molar-refractivity contribution in [1.29, 1.82) is 0 Å². The van der Waals surface area contributed by atoms with Crippen molar-refractivity contribution in [1.82, 2.24) is 15.2 Å². The number of carbonyl (C=O) groups is 2. The predicted octanol–water partition coefficient (Wildman–Crippen LogP) is 4.03. The van der Waals surface area contributed by atoms with Crippen molar-refractivity contribution in [3.8, 4) is 0 Å². The maximum atomic E-state index is 13.2. The van der Waals surface area contributed by atoms with Gasteiger partial charge in [-0.3, -0.25) is 9.59 Å². The molecule has 1 aromatic heterocycles. The van der Waals surface area contributed by atoms with Crippen LogP contribution in [0.3, 0.4) is 0 Å². The van der Waals surface area contributed by atoms with Crippen molar-refractivity contribution in [2.75, 3.05) is 19.7 Å². The minimum atomic E-state index is -0.202. The molecule has 4 rings (SSSR count). The SMILES string of the molecule is CC(C)OCCCNC(=O)CCN1C(=O)c2ccccc2[C@@H]1c1c[nH]c2ccccc12. The monoisotopic (exact) mass is 419 g/mol. The van der Waals surface area contributed by atoms with Crippen LogP contribution in [0.25, 0.3) is 10.9 Å². The van der Waals surface area contributed by atoms with Gasteiger partial charge < -0.3 is 19.9 Å². The molecule has 0 aliphatic carbocycles. The number of carbonyl (C=O) groups excluding carboxylic acids is 2. The van der Waals surface area contributed by atoms with Crippen LogP contribution in [0.15, 0.2) is 54.7 Å². The summed E-state index contributed by atoms with van der Waals surface area (Å²) in [5.41, 5.74) is 3.79. The molecule has 6 heteroatoms. The van der Waals surface area contributed by atoms with Crippen molar-refractivity contribution in [2.24, 2.45) is 0 Å². The first-order chi connectivity index (χ1) is 15.1. The van der Waals surface area contributed by atoms with E-state index in [0.29, 0.717) is 25.3 Å². The van der Waals surface area contributed by atoms with Crippen molar-refractivity contribution in [3.05, 3.63) is 71.4 Å². The molecule has 2 amide bonds. The lowest BCUT2D eigenvalue weighted by Crippen LogP contribution is -2.34. The second-order valence-corrected chi connectivity index (χ2v) is 8.15. The van der Waals surface area contributed by atoms with Gasteiger partial charge in [-0.15, -0.1) is 0 Å². The van der Waals surface area contributed by atoms with E-state index in [1.165, 1.54) is 0 Å². The summed E-state index contributed by atoms with van der Waals surface area (Å²) in [6.07, 6.45) is 3.21. The third kappa shape index (κ3) is 4.49. The summed E-state index contributed by atoms with van der Waals surface area (Å²) in [6.45, 7) is 5.56. The number of hydrogen-bond donors (Lipinski definition) is 2. The zero-order valence-corrected chi connectivity index (χ0v) is 18.1. The zero-order chi connectivity index (χ0) is 21.8. The van der Waals surface area contributed by atoms with Gasteiger partial charge in [0, 0.05) is 54.3 Å². The number of hydrogen-bond acceptors (Lipinski definition) is 3. The molecule has 1 aliphatic heterocycles. The highest BCUT2D eigenvalue weighted by molar-refractivity contribution is 6.01. The molecule has 1 atom stereocenters. The first-order valence-electron chi connectivity index (χ1n) is 10.9. The smallest absolute Gasteiger partial charge is 0.255 e. The van der Waals surface area contributed by atoms with Crippen molar-refractivity contribution in [3.63, 3.8) is 0 Å². The topological polar surface area (TPSA) is 74.4 Å². The maximum Gasteiger partial charge on any atom is 0.255 e. The summed E-state index contributed by atoms with van der Waals surface area (Å²) in [7, 11) is 0. The molecule has 3 aromatic rings. The molecule has 0 unspecified atom stereocenters. The summed E-state index contributed by atoms with van der Waals surface area (Å²) in [4.78, 5) is 30.7. The number of H-pyrrole nitrogens is 1. The molecule has 0 spiro atoms. The van der Waals surface area contributed by atoms with E-state index in [0.717, 1.165) is 28.5 Å². The van der Waals surface area contributed by atoms with E-state index in [2.05, 4.69) is 16.4 Å². The molecule has 0 fully saturated rings. The number of amides is 2. The first kappa shape index (κ1) is 21.1. The molecule has 0 radical (unpaired) electrons. The van der Waals surface area contributed by atoms with Gasteiger partial charge in [-0.1, -0.05) is 36.4 Å². The zero-order valence-electron chi connectivity index (χ0n) is 18.1. The third-order valence-electron chi connectivity index (χ3n) is 5.65. The molecular formula is C25H29N3O3. The van der Waals surface area contributed by atoms with Crippen LogP contribution in [0.4, 0.5) is 0 Å². The summed E-state index contributed by atoms with van der Waals surface area (Å²) in [5.74, 6) is -0.0741. The first-order valence-corrected chi connectivity index (χ1v) is 10.9. The Morgan fingerprint density at radius 3 is 2.74 bits per heavy atom. The normalized spacial score (nSPS) is 15.6. The van der Waals surface area contributed by atoms with Gasteiger partial charge in [0.1, 0.15) is 0 Å². The molecule has 6 nitrogen and oxygen atoms in total. The number of aromatic amines is 1. The van der Waals surface area contributed by atoms with Gasteiger partial charge in [0.2, 0.25) is 5.91 Å². The highest BCUT2D eigenvalue weighted by atomic mass is 16.5. The Bertz CT molecular complexity index is 1070. The van der Waals surface area contributed by atoms with E-state index in [4.69, 9.17) is 4.74 Å². The molecule has 31 heavy (non-hydrogen) atoms. The minimum Gasteiger partial charge on any atom is -0.379 e. The highest BCUT2D eigenvalue weighted by Crippen LogP contribution is 2.41. The van der Waals surface area contributed by atoms with Crippen molar-refractivity contribution >= 4 is 22.7 Å². The minimum absolute atomic E-state index is 0.0241. The molecule has 1 aliphatic rings. The van der Waals surface area contributed by atoms with Gasteiger partial charge in [-0.2, -0.15) is 0 Å². The lowest BCUT2D eigenvalue weighted by Gasteiger charge is -2.25. The fraction of sp³-hybridized carbons (Fsp3) is 0.360. The van der Waals surface area contributed by atoms with Gasteiger partial charge in [0.15, 0.2) is 0 Å². The van der Waals surface area contributed by atoms with Crippen LogP contribution < -0.4 is 5.32 Å². The molecular weight excluding hydrogens is 390 g/mol. The molecule has 2 aromatic carbocycles. The Kier molecular flexibility index (Phi) is 6.37. The fourth-order valence-electron chi connectivity index (χ4n) is 4.19. The average molecular weight is 420 g/mol. The van der Waals surface area contributed by atoms with E-state index < -0.39 is 0 Å². The predicted molar refractivity (Wildman–Crippen MR) is 121 cm³/mol. The van der Waals surface area contributed by atoms with Crippen molar-refractivity contribution < 1.29 is 14.3 Å². The summed E-state index contributed by atoms with van der Waals surface area (Å²) in [6, 6.07) is 15.6. The van der Waals surface area contributed by atoms with Crippen LogP contribution in [-0.4, -0.2) is 47.5 Å². The molecule has 0 saturated carbocycles. The number of rotatable bonds is 9. The molecule has 0 bridgehead atoms. The Balaban J connectivity index is 1.47. The second-order valence-electron chi connectivity index (χ2n) is 8.15. The van der Waals surface area contributed by atoms with Gasteiger partial charge in [-0.25, -0.2) is 0 Å². The Hall–Kier alpha value is -3.12. The number of benzene rings is 2. The van der Waals surface area contributed by atoms with Crippen LogP contribution in [0.5, 0.6) is 0 Å². The lowest BCUT2D eigenvalue weighted by molar-refractivity contribution is -0.121. The summed E-state index contributed by atoms with van der Waals surface area (Å²) >= 11 is 0. The maximum absolute atomic E-state index is 13.2. The van der Waals surface area contributed by atoms with Gasteiger partial charge in [-0.05, 0) is 38.0 Å². The second kappa shape index (κ2) is 9.35. The number of ether oxygens (including phenoxy) is 1. The van der Waals surface area contributed by atoms with E-state index in [-0.39, 0.29) is 30.4 Å². The van der Waals surface area contributed by atoms with E-state index in [1.807, 2.05) is 67.4 Å². The Labute approximate surface area is 182 Å². The molecule has 0 saturated heterocycles. The van der Waals surface area contributed by atoms with E-state index >= 15 is 0 Å². The van der Waals surface area contributed by atoms with Gasteiger partial charge in [0.25, 0.3) is 5.91 Å². The number of nitrogens with one attached hydrogen (secondary N) is 2. The van der Waals surface area contributed by atoms with Crippen molar-refractivity contribution in [2.45, 2.75) is 38.8 Å². The summed E-state index contributed by atoms with van der Waals surface area (Å²) in [5, 5.41) is 4.03. The number of nitrogens with zero attached hydrogens (tertiary/aromatic N) is 1. The summed E-state index contributed by atoms with van der Waals surface area (Å²) < 4.78 is 5.50. The van der Waals surface area contributed by atoms with Gasteiger partial charge >= 0.3 is 0 Å². The lowest BCUT2D eigenvalue weighted by atomic mass is 9.97. The van der Waals surface area contributed by atoms with Crippen LogP contribution in [0.1, 0.15) is 54.2 Å². The molecule has 2 N–H and O–H groups in total. The Morgan fingerprint density at radius 1 is 1.13 bits per heavy atom. The molecule has 162 valence electrons. The number of fused-ring (bicyclic) bond motifs is 2. The average Bonchev–Trinajstić information content (AvgIpc) is 3.30.